The van der Waals surface area contributed by atoms with Gasteiger partial charge in [-0.15, -0.1) is 0 Å². The molecule has 1 aromatic carbocycles. The molecular formula is C16H28N2O2S. The van der Waals surface area contributed by atoms with E-state index in [9.17, 15) is 8.42 Å². The largest absolute Gasteiger partial charge is 0.317 e. The Morgan fingerprint density at radius 2 is 1.81 bits per heavy atom. The van der Waals surface area contributed by atoms with Crippen molar-refractivity contribution in [3.8, 4) is 0 Å². The molecule has 0 saturated carbocycles. The van der Waals surface area contributed by atoms with Gasteiger partial charge >= 0.3 is 0 Å². The molecule has 0 radical (unpaired) electrons. The Morgan fingerprint density at radius 3 is 2.48 bits per heavy atom. The van der Waals surface area contributed by atoms with Gasteiger partial charge in [0, 0.05) is 0 Å². The van der Waals surface area contributed by atoms with Crippen LogP contribution in [-0.4, -0.2) is 27.3 Å². The third-order valence-electron chi connectivity index (χ3n) is 3.29. The lowest BCUT2D eigenvalue weighted by molar-refractivity contribution is 0.590. The number of nitrogens with one attached hydrogen (secondary N) is 2. The van der Waals surface area contributed by atoms with E-state index in [-0.39, 0.29) is 5.75 Å². The van der Waals surface area contributed by atoms with Crippen molar-refractivity contribution in [1.29, 1.82) is 0 Å². The summed E-state index contributed by atoms with van der Waals surface area (Å²) in [6, 6.07) is 7.60. The maximum atomic E-state index is 12.1. The second kappa shape index (κ2) is 9.05. The zero-order valence-corrected chi connectivity index (χ0v) is 14.2. The normalized spacial score (nSPS) is 11.8. The number of para-hydroxylation sites is 1. The molecule has 0 heterocycles. The summed E-state index contributed by atoms with van der Waals surface area (Å²) in [6.45, 7) is 8.12. The highest BCUT2D eigenvalue weighted by Crippen LogP contribution is 2.24. The van der Waals surface area contributed by atoms with Crippen molar-refractivity contribution in [2.75, 3.05) is 23.6 Å². The van der Waals surface area contributed by atoms with Gasteiger partial charge in [-0.3, -0.25) is 4.72 Å². The second-order valence-electron chi connectivity index (χ2n) is 5.62. The lowest BCUT2D eigenvalue weighted by atomic mass is 10.0. The number of sulfonamides is 1. The van der Waals surface area contributed by atoms with Gasteiger partial charge in [0.1, 0.15) is 0 Å². The summed E-state index contributed by atoms with van der Waals surface area (Å²) in [5.41, 5.74) is 1.74. The first-order chi connectivity index (χ1) is 9.96. The van der Waals surface area contributed by atoms with Crippen LogP contribution in [0.2, 0.25) is 0 Å². The van der Waals surface area contributed by atoms with Crippen molar-refractivity contribution < 1.29 is 8.42 Å². The number of rotatable bonds is 10. The van der Waals surface area contributed by atoms with Crippen LogP contribution in [0.1, 0.15) is 51.5 Å². The average molecular weight is 312 g/mol. The molecule has 0 spiro atoms. The molecule has 0 atom stereocenters. The molecule has 1 aromatic rings. The van der Waals surface area contributed by atoms with E-state index < -0.39 is 10.0 Å². The van der Waals surface area contributed by atoms with E-state index in [0.29, 0.717) is 18.0 Å². The summed E-state index contributed by atoms with van der Waals surface area (Å²) in [4.78, 5) is 0. The van der Waals surface area contributed by atoms with E-state index in [1.165, 1.54) is 0 Å². The van der Waals surface area contributed by atoms with Crippen molar-refractivity contribution >= 4 is 15.7 Å². The Balaban J connectivity index is 2.49. The summed E-state index contributed by atoms with van der Waals surface area (Å²) >= 11 is 0. The van der Waals surface area contributed by atoms with Gasteiger partial charge in [0.2, 0.25) is 10.0 Å². The van der Waals surface area contributed by atoms with Crippen molar-refractivity contribution in [3.05, 3.63) is 29.8 Å². The molecule has 0 aromatic heterocycles. The minimum atomic E-state index is -3.26. The number of hydrogen-bond acceptors (Lipinski definition) is 3. The van der Waals surface area contributed by atoms with E-state index >= 15 is 0 Å². The molecule has 4 nitrogen and oxygen atoms in total. The molecule has 0 aliphatic rings. The highest BCUT2D eigenvalue weighted by atomic mass is 32.2. The zero-order chi connectivity index (χ0) is 15.7. The molecule has 5 heteroatoms. The van der Waals surface area contributed by atoms with Crippen LogP contribution in [0.15, 0.2) is 24.3 Å². The van der Waals surface area contributed by atoms with Gasteiger partial charge in [-0.2, -0.15) is 0 Å². The first kappa shape index (κ1) is 18.0. The summed E-state index contributed by atoms with van der Waals surface area (Å²) in [6.07, 6.45) is 2.66. The molecule has 21 heavy (non-hydrogen) atoms. The maximum absolute atomic E-state index is 12.1. The monoisotopic (exact) mass is 312 g/mol. The molecule has 0 fully saturated rings. The van der Waals surface area contributed by atoms with Crippen LogP contribution in [0.5, 0.6) is 0 Å². The highest BCUT2D eigenvalue weighted by molar-refractivity contribution is 7.92. The molecule has 1 rings (SSSR count). The number of unbranched alkanes of at least 4 members (excludes halogenated alkanes) is 1. The number of anilines is 1. The van der Waals surface area contributed by atoms with Crippen molar-refractivity contribution in [3.63, 3.8) is 0 Å². The minimum absolute atomic E-state index is 0.174. The van der Waals surface area contributed by atoms with Crippen LogP contribution in [0.4, 0.5) is 5.69 Å². The van der Waals surface area contributed by atoms with Gasteiger partial charge < -0.3 is 5.32 Å². The van der Waals surface area contributed by atoms with Gasteiger partial charge in [0.05, 0.1) is 11.4 Å². The Labute approximate surface area is 129 Å². The van der Waals surface area contributed by atoms with Crippen molar-refractivity contribution in [2.24, 2.45) is 0 Å². The molecule has 2 N–H and O–H groups in total. The van der Waals surface area contributed by atoms with E-state index in [2.05, 4.69) is 30.8 Å². The van der Waals surface area contributed by atoms with Gasteiger partial charge in [0.15, 0.2) is 0 Å². The smallest absolute Gasteiger partial charge is 0.232 e. The van der Waals surface area contributed by atoms with E-state index in [4.69, 9.17) is 0 Å². The Bertz CT molecular complexity index is 513. The van der Waals surface area contributed by atoms with Gasteiger partial charge in [-0.05, 0) is 49.9 Å². The van der Waals surface area contributed by atoms with Crippen molar-refractivity contribution in [1.82, 2.24) is 5.32 Å². The number of benzene rings is 1. The van der Waals surface area contributed by atoms with E-state index in [0.717, 1.165) is 31.5 Å². The average Bonchev–Trinajstić information content (AvgIpc) is 2.42. The van der Waals surface area contributed by atoms with Gasteiger partial charge in [-0.25, -0.2) is 8.42 Å². The van der Waals surface area contributed by atoms with Crippen LogP contribution >= 0.6 is 0 Å². The third-order valence-corrected chi connectivity index (χ3v) is 4.65. The first-order valence-corrected chi connectivity index (χ1v) is 9.41. The SMILES string of the molecule is CCCNCCCCS(=O)(=O)Nc1ccccc1C(C)C. The molecule has 0 aliphatic carbocycles. The molecule has 0 aliphatic heterocycles. The predicted molar refractivity (Wildman–Crippen MR) is 90.3 cm³/mol. The Morgan fingerprint density at radius 1 is 1.10 bits per heavy atom. The number of hydrogen-bond donors (Lipinski definition) is 2. The van der Waals surface area contributed by atoms with Crippen molar-refractivity contribution in [2.45, 2.75) is 46.0 Å². The summed E-state index contributed by atoms with van der Waals surface area (Å²) in [7, 11) is -3.26. The molecule has 0 bridgehead atoms. The molecule has 0 unspecified atom stereocenters. The first-order valence-electron chi connectivity index (χ1n) is 7.76. The van der Waals surface area contributed by atoms with Gasteiger partial charge in [0.25, 0.3) is 0 Å². The van der Waals surface area contributed by atoms with Gasteiger partial charge in [-0.1, -0.05) is 39.0 Å². The maximum Gasteiger partial charge on any atom is 0.232 e. The van der Waals surface area contributed by atoms with E-state index in [1.807, 2.05) is 24.3 Å². The van der Waals surface area contributed by atoms with Crippen LogP contribution in [0.3, 0.4) is 0 Å². The minimum Gasteiger partial charge on any atom is -0.317 e. The second-order valence-corrected chi connectivity index (χ2v) is 7.46. The zero-order valence-electron chi connectivity index (χ0n) is 13.4. The molecule has 0 amide bonds. The summed E-state index contributed by atoms with van der Waals surface area (Å²) in [5.74, 6) is 0.467. The lowest BCUT2D eigenvalue weighted by Gasteiger charge is -2.14. The molecular weight excluding hydrogens is 284 g/mol. The quantitative estimate of drug-likeness (QED) is 0.652. The van der Waals surface area contributed by atoms with Crippen LogP contribution in [-0.2, 0) is 10.0 Å². The molecule has 0 saturated heterocycles. The van der Waals surface area contributed by atoms with Crippen LogP contribution < -0.4 is 10.0 Å². The topological polar surface area (TPSA) is 58.2 Å². The van der Waals surface area contributed by atoms with E-state index in [1.54, 1.807) is 0 Å². The summed E-state index contributed by atoms with van der Waals surface area (Å²) in [5, 5.41) is 3.28. The highest BCUT2D eigenvalue weighted by Gasteiger charge is 2.13. The fraction of sp³-hybridized carbons (Fsp3) is 0.625. The lowest BCUT2D eigenvalue weighted by Crippen LogP contribution is -2.20. The van der Waals surface area contributed by atoms with Crippen LogP contribution in [0, 0.1) is 0 Å². The third kappa shape index (κ3) is 6.96. The summed E-state index contributed by atoms with van der Waals surface area (Å²) < 4.78 is 27.0. The molecule has 120 valence electrons. The predicted octanol–water partition coefficient (Wildman–Crippen LogP) is 3.33. The fourth-order valence-corrected chi connectivity index (χ4v) is 3.36. The Kier molecular flexibility index (Phi) is 7.75. The fourth-order valence-electron chi connectivity index (χ4n) is 2.16. The van der Waals surface area contributed by atoms with Crippen LogP contribution in [0.25, 0.3) is 0 Å². The Hall–Kier alpha value is -1.07. The standard InChI is InChI=1S/C16H28N2O2S/c1-4-11-17-12-7-8-13-21(19,20)18-16-10-6-5-9-15(16)14(2)3/h5-6,9-10,14,17-18H,4,7-8,11-13H2,1-3H3.